The second-order valence-electron chi connectivity index (χ2n) is 2.68. The van der Waals surface area contributed by atoms with Gasteiger partial charge in [-0.3, -0.25) is 23.5 Å². The molecule has 0 aromatic carbocycles. The topological polar surface area (TPSA) is 57.7 Å². The Labute approximate surface area is 88.0 Å². The van der Waals surface area contributed by atoms with Crippen LogP contribution < -0.4 is 0 Å². The summed E-state index contributed by atoms with van der Waals surface area (Å²) in [6, 6.07) is 0. The van der Waals surface area contributed by atoms with Crippen molar-refractivity contribution in [3.8, 4) is 0 Å². The number of amides is 2. The normalized spacial score (nSPS) is 10.8. The standard InChI is InChI=1S/C7H15N2O3PS/c1-4-5-14-13(12,8(2)6-10)9(3)7-11/h6-7H,4-5H2,1-3H3. The van der Waals surface area contributed by atoms with Gasteiger partial charge in [0.15, 0.2) is 0 Å². The molecule has 0 unspecified atom stereocenters. The fourth-order valence-electron chi connectivity index (χ4n) is 0.734. The molecule has 2 amide bonds. The van der Waals surface area contributed by atoms with Gasteiger partial charge in [0.05, 0.1) is 0 Å². The molecule has 14 heavy (non-hydrogen) atoms. The van der Waals surface area contributed by atoms with E-state index in [-0.39, 0.29) is 0 Å². The summed E-state index contributed by atoms with van der Waals surface area (Å²) in [5, 5.41) is 0. The van der Waals surface area contributed by atoms with Crippen LogP contribution in [0.5, 0.6) is 0 Å². The van der Waals surface area contributed by atoms with Crippen molar-refractivity contribution in [1.29, 1.82) is 0 Å². The quantitative estimate of drug-likeness (QED) is 0.497. The van der Waals surface area contributed by atoms with Gasteiger partial charge in [-0.15, -0.1) is 0 Å². The molecule has 0 aliphatic rings. The molecule has 0 saturated heterocycles. The van der Waals surface area contributed by atoms with Gasteiger partial charge >= 0.3 is 6.65 Å². The maximum Gasteiger partial charge on any atom is 0.322 e. The maximum absolute atomic E-state index is 12.2. The maximum atomic E-state index is 12.2. The minimum atomic E-state index is -3.07. The van der Waals surface area contributed by atoms with Crippen LogP contribution >= 0.6 is 18.0 Å². The first-order chi connectivity index (χ1) is 6.52. The Bertz CT molecular complexity index is 231. The second kappa shape index (κ2) is 6.09. The highest BCUT2D eigenvalue weighted by Gasteiger charge is 2.31. The monoisotopic (exact) mass is 238 g/mol. The molecule has 0 atom stereocenters. The van der Waals surface area contributed by atoms with Crippen LogP contribution in [0.4, 0.5) is 0 Å². The first-order valence-corrected chi connectivity index (χ1v) is 7.35. The zero-order valence-electron chi connectivity index (χ0n) is 8.54. The minimum absolute atomic E-state index is 0.476. The van der Waals surface area contributed by atoms with Crippen LogP contribution in [0.1, 0.15) is 13.3 Å². The molecule has 0 aliphatic heterocycles. The highest BCUT2D eigenvalue weighted by molar-refractivity contribution is 8.56. The number of hydrogen-bond donors (Lipinski definition) is 0. The Morgan fingerprint density at radius 2 is 1.64 bits per heavy atom. The van der Waals surface area contributed by atoms with Crippen LogP contribution in [-0.4, -0.2) is 42.0 Å². The van der Waals surface area contributed by atoms with Crippen molar-refractivity contribution in [3.63, 3.8) is 0 Å². The third-order valence-corrected chi connectivity index (χ3v) is 7.38. The van der Waals surface area contributed by atoms with E-state index < -0.39 is 6.65 Å². The predicted molar refractivity (Wildman–Crippen MR) is 58.0 cm³/mol. The van der Waals surface area contributed by atoms with Gasteiger partial charge in [-0.2, -0.15) is 0 Å². The van der Waals surface area contributed by atoms with Gasteiger partial charge in [0.2, 0.25) is 12.8 Å². The molecule has 0 spiro atoms. The van der Waals surface area contributed by atoms with E-state index >= 15 is 0 Å². The summed E-state index contributed by atoms with van der Waals surface area (Å²) in [5.74, 6) is 0.646. The van der Waals surface area contributed by atoms with Gasteiger partial charge in [0.1, 0.15) is 0 Å². The van der Waals surface area contributed by atoms with Crippen LogP contribution in [0.15, 0.2) is 0 Å². The van der Waals surface area contributed by atoms with Crippen LogP contribution in [0.2, 0.25) is 0 Å². The Balaban J connectivity index is 4.74. The number of nitrogens with zero attached hydrogens (tertiary/aromatic N) is 2. The fourth-order valence-corrected chi connectivity index (χ4v) is 4.79. The Morgan fingerprint density at radius 1 is 1.21 bits per heavy atom. The van der Waals surface area contributed by atoms with Gasteiger partial charge in [-0.05, 0) is 6.42 Å². The molecule has 0 saturated carbocycles. The highest BCUT2D eigenvalue weighted by atomic mass is 32.7. The number of carbonyl (C=O) groups is 2. The molecule has 0 radical (unpaired) electrons. The molecule has 0 aromatic rings. The minimum Gasteiger partial charge on any atom is -0.278 e. The van der Waals surface area contributed by atoms with Crippen molar-refractivity contribution < 1.29 is 14.2 Å². The van der Waals surface area contributed by atoms with Crippen molar-refractivity contribution in [3.05, 3.63) is 0 Å². The van der Waals surface area contributed by atoms with Crippen molar-refractivity contribution in [2.75, 3.05) is 19.8 Å². The molecular formula is C7H15N2O3PS. The largest absolute Gasteiger partial charge is 0.322 e. The average Bonchev–Trinajstić information content (AvgIpc) is 2.23. The van der Waals surface area contributed by atoms with Gasteiger partial charge in [-0.25, -0.2) is 0 Å². The third kappa shape index (κ3) is 3.03. The predicted octanol–water partition coefficient (Wildman–Crippen LogP) is 1.41. The third-order valence-electron chi connectivity index (χ3n) is 1.57. The lowest BCUT2D eigenvalue weighted by Gasteiger charge is -2.29. The first-order valence-electron chi connectivity index (χ1n) is 4.14. The lowest BCUT2D eigenvalue weighted by atomic mass is 10.6. The van der Waals surface area contributed by atoms with Crippen molar-refractivity contribution >= 4 is 30.8 Å². The van der Waals surface area contributed by atoms with Gasteiger partial charge < -0.3 is 0 Å². The molecular weight excluding hydrogens is 223 g/mol. The summed E-state index contributed by atoms with van der Waals surface area (Å²) in [7, 11) is 2.83. The number of carbonyl (C=O) groups excluding carboxylic acids is 2. The Hall–Kier alpha value is -0.480. The first kappa shape index (κ1) is 13.5. The molecule has 0 N–H and O–H groups in total. The van der Waals surface area contributed by atoms with Crippen LogP contribution in [0.25, 0.3) is 0 Å². The van der Waals surface area contributed by atoms with E-state index in [4.69, 9.17) is 0 Å². The molecule has 0 aromatic heterocycles. The smallest absolute Gasteiger partial charge is 0.278 e. The van der Waals surface area contributed by atoms with Gasteiger partial charge in [-0.1, -0.05) is 18.3 Å². The summed E-state index contributed by atoms with van der Waals surface area (Å²) >= 11 is 1.13. The molecule has 82 valence electrons. The van der Waals surface area contributed by atoms with Crippen LogP contribution in [0.3, 0.4) is 0 Å². The highest BCUT2D eigenvalue weighted by Crippen LogP contribution is 2.61. The molecule has 5 nitrogen and oxygen atoms in total. The van der Waals surface area contributed by atoms with E-state index in [9.17, 15) is 14.2 Å². The Morgan fingerprint density at radius 3 is 1.93 bits per heavy atom. The molecule has 0 fully saturated rings. The summed E-state index contributed by atoms with van der Waals surface area (Å²) < 4.78 is 14.3. The summed E-state index contributed by atoms with van der Waals surface area (Å²) in [6.45, 7) is -1.13. The van der Waals surface area contributed by atoms with Crippen molar-refractivity contribution in [2.24, 2.45) is 0 Å². The molecule has 0 bridgehead atoms. The van der Waals surface area contributed by atoms with E-state index in [2.05, 4.69) is 0 Å². The van der Waals surface area contributed by atoms with Gasteiger partial charge in [0, 0.05) is 19.8 Å². The summed E-state index contributed by atoms with van der Waals surface area (Å²) in [6.07, 6.45) is 1.79. The Kier molecular flexibility index (Phi) is 5.88. The molecule has 0 heterocycles. The lowest BCUT2D eigenvalue weighted by Crippen LogP contribution is -2.23. The molecule has 7 heteroatoms. The zero-order chi connectivity index (χ0) is 11.2. The fraction of sp³-hybridized carbons (Fsp3) is 0.714. The second-order valence-corrected chi connectivity index (χ2v) is 7.79. The van der Waals surface area contributed by atoms with Gasteiger partial charge in [0.25, 0.3) is 0 Å². The summed E-state index contributed by atoms with van der Waals surface area (Å²) in [4.78, 5) is 21.1. The van der Waals surface area contributed by atoms with E-state index in [1.807, 2.05) is 6.92 Å². The summed E-state index contributed by atoms with van der Waals surface area (Å²) in [5.41, 5.74) is 0. The SMILES string of the molecule is CCCSP(=O)(N(C)C=O)N(C)C=O. The average molecular weight is 238 g/mol. The van der Waals surface area contributed by atoms with Crippen LogP contribution in [-0.2, 0) is 14.2 Å². The van der Waals surface area contributed by atoms with E-state index in [0.29, 0.717) is 18.6 Å². The van der Waals surface area contributed by atoms with Crippen molar-refractivity contribution in [2.45, 2.75) is 13.3 Å². The number of hydrogen-bond acceptors (Lipinski definition) is 4. The van der Waals surface area contributed by atoms with E-state index in [0.717, 1.165) is 27.1 Å². The number of rotatable bonds is 7. The van der Waals surface area contributed by atoms with Crippen LogP contribution in [0, 0.1) is 0 Å². The molecule has 0 aliphatic carbocycles. The lowest BCUT2D eigenvalue weighted by molar-refractivity contribution is -0.114. The molecule has 0 rings (SSSR count). The van der Waals surface area contributed by atoms with E-state index in [1.54, 1.807) is 0 Å². The van der Waals surface area contributed by atoms with E-state index in [1.165, 1.54) is 14.1 Å². The zero-order valence-corrected chi connectivity index (χ0v) is 10.3. The van der Waals surface area contributed by atoms with Crippen molar-refractivity contribution in [1.82, 2.24) is 9.34 Å².